The van der Waals surface area contributed by atoms with Crippen LogP contribution in [0.2, 0.25) is 0 Å². The number of aromatic amines is 1. The maximum Gasteiger partial charge on any atom is 0.260 e. The number of aromatic nitrogens is 6. The van der Waals surface area contributed by atoms with Crippen LogP contribution in [0, 0.1) is 13.8 Å². The minimum atomic E-state index is -0.0622. The van der Waals surface area contributed by atoms with E-state index in [1.807, 2.05) is 51.4 Å². The Labute approximate surface area is 209 Å². The summed E-state index contributed by atoms with van der Waals surface area (Å²) in [7, 11) is 1.89. The van der Waals surface area contributed by atoms with Crippen LogP contribution in [-0.2, 0) is 13.6 Å². The molecule has 0 saturated carbocycles. The molecule has 174 valence electrons. The molecular weight excluding hydrogens is 508 g/mol. The lowest BCUT2D eigenvalue weighted by atomic mass is 10.1. The number of amides is 1. The molecule has 0 aliphatic carbocycles. The molecule has 0 bridgehead atoms. The van der Waals surface area contributed by atoms with Gasteiger partial charge in [0.05, 0.1) is 29.0 Å². The highest BCUT2D eigenvalue weighted by Gasteiger charge is 2.32. The van der Waals surface area contributed by atoms with E-state index < -0.39 is 0 Å². The van der Waals surface area contributed by atoms with E-state index in [0.29, 0.717) is 23.9 Å². The Morgan fingerprint density at radius 1 is 1.14 bits per heavy atom. The van der Waals surface area contributed by atoms with Crippen molar-refractivity contribution in [1.82, 2.24) is 29.7 Å². The van der Waals surface area contributed by atoms with Gasteiger partial charge in [-0.25, -0.2) is 9.97 Å². The van der Waals surface area contributed by atoms with E-state index in [9.17, 15) is 4.79 Å². The van der Waals surface area contributed by atoms with Gasteiger partial charge in [-0.15, -0.1) is 0 Å². The minimum absolute atomic E-state index is 0.0622. The molecule has 0 atom stereocenters. The van der Waals surface area contributed by atoms with Crippen molar-refractivity contribution >= 4 is 50.2 Å². The Morgan fingerprint density at radius 3 is 2.77 bits per heavy atom. The van der Waals surface area contributed by atoms with Gasteiger partial charge in [-0.1, -0.05) is 12.1 Å². The molecule has 0 unspecified atom stereocenters. The summed E-state index contributed by atoms with van der Waals surface area (Å²) in [5.74, 6) is 1.10. The molecule has 1 aliphatic rings. The maximum absolute atomic E-state index is 13.2. The topological polar surface area (TPSA) is 105 Å². The highest BCUT2D eigenvalue weighted by molar-refractivity contribution is 9.10. The Bertz CT molecular complexity index is 1620. The number of nitrogens with one attached hydrogen (secondary N) is 2. The van der Waals surface area contributed by atoms with Gasteiger partial charge in [-0.3, -0.25) is 14.5 Å². The number of benzene rings is 1. The molecule has 10 heteroatoms. The van der Waals surface area contributed by atoms with Crippen LogP contribution in [0.5, 0.6) is 0 Å². The number of carbonyl (C=O) groups excluding carboxylic acids is 1. The molecule has 1 amide bonds. The molecular formula is C25H21BrN8O. The van der Waals surface area contributed by atoms with Crippen molar-refractivity contribution in [3.05, 3.63) is 75.9 Å². The summed E-state index contributed by atoms with van der Waals surface area (Å²) in [6.45, 7) is 4.45. The molecule has 4 aromatic heterocycles. The number of fused-ring (bicyclic) bond motifs is 2. The zero-order valence-corrected chi connectivity index (χ0v) is 20.9. The van der Waals surface area contributed by atoms with Crippen molar-refractivity contribution in [2.75, 3.05) is 10.2 Å². The quantitative estimate of drug-likeness (QED) is 0.338. The summed E-state index contributed by atoms with van der Waals surface area (Å²) in [5.41, 5.74) is 6.98. The first-order valence-electron chi connectivity index (χ1n) is 11.1. The van der Waals surface area contributed by atoms with Gasteiger partial charge in [0.1, 0.15) is 0 Å². The Morgan fingerprint density at radius 2 is 2.00 bits per heavy atom. The van der Waals surface area contributed by atoms with E-state index in [1.54, 1.807) is 28.2 Å². The van der Waals surface area contributed by atoms with Crippen LogP contribution in [0.3, 0.4) is 0 Å². The van der Waals surface area contributed by atoms with Gasteiger partial charge < -0.3 is 15.2 Å². The third-order valence-corrected chi connectivity index (χ3v) is 7.04. The van der Waals surface area contributed by atoms with Crippen molar-refractivity contribution in [2.24, 2.45) is 7.05 Å². The molecule has 0 radical (unpaired) electrons. The van der Waals surface area contributed by atoms with Gasteiger partial charge in [0.2, 0.25) is 5.95 Å². The molecule has 1 aromatic carbocycles. The number of nitrogens with zero attached hydrogens (tertiary/aromatic N) is 6. The van der Waals surface area contributed by atoms with Crippen molar-refractivity contribution in [2.45, 2.75) is 20.4 Å². The summed E-state index contributed by atoms with van der Waals surface area (Å²) in [4.78, 5) is 31.8. The van der Waals surface area contributed by atoms with Gasteiger partial charge in [0.25, 0.3) is 5.91 Å². The number of H-pyrrole nitrogens is 1. The van der Waals surface area contributed by atoms with Crippen LogP contribution in [0.15, 0.2) is 53.5 Å². The van der Waals surface area contributed by atoms with E-state index >= 15 is 0 Å². The highest BCUT2D eigenvalue weighted by Crippen LogP contribution is 2.38. The zero-order chi connectivity index (χ0) is 24.3. The molecule has 5 aromatic rings. The molecule has 0 spiro atoms. The van der Waals surface area contributed by atoms with Crippen molar-refractivity contribution in [3.63, 3.8) is 0 Å². The number of carbonyl (C=O) groups is 1. The van der Waals surface area contributed by atoms with Gasteiger partial charge >= 0.3 is 0 Å². The number of aryl methyl sites for hydroxylation is 3. The van der Waals surface area contributed by atoms with Crippen LogP contribution < -0.4 is 10.2 Å². The molecule has 6 rings (SSSR count). The van der Waals surface area contributed by atoms with E-state index in [2.05, 4.69) is 41.3 Å². The Hall–Kier alpha value is -4.05. The second-order valence-electron chi connectivity index (χ2n) is 8.59. The van der Waals surface area contributed by atoms with Gasteiger partial charge in [0, 0.05) is 64.6 Å². The molecule has 1 aliphatic heterocycles. The number of hydrogen-bond acceptors (Lipinski definition) is 6. The van der Waals surface area contributed by atoms with Crippen molar-refractivity contribution in [3.8, 4) is 11.3 Å². The largest absolute Gasteiger partial charge is 0.359 e. The predicted octanol–water partition coefficient (Wildman–Crippen LogP) is 5.04. The van der Waals surface area contributed by atoms with E-state index in [4.69, 9.17) is 4.98 Å². The van der Waals surface area contributed by atoms with E-state index in [-0.39, 0.29) is 5.91 Å². The summed E-state index contributed by atoms with van der Waals surface area (Å²) >= 11 is 3.53. The van der Waals surface area contributed by atoms with E-state index in [1.165, 1.54) is 0 Å². The summed E-state index contributed by atoms with van der Waals surface area (Å²) in [6.07, 6.45) is 7.08. The number of hydrogen-bond donors (Lipinski definition) is 2. The summed E-state index contributed by atoms with van der Waals surface area (Å²) in [6, 6.07) is 7.90. The Kier molecular flexibility index (Phi) is 4.92. The summed E-state index contributed by atoms with van der Waals surface area (Å²) < 4.78 is 2.63. The van der Waals surface area contributed by atoms with Crippen LogP contribution >= 0.6 is 15.9 Å². The molecule has 5 heterocycles. The fourth-order valence-corrected chi connectivity index (χ4v) is 4.90. The van der Waals surface area contributed by atoms with Gasteiger partial charge in [-0.05, 0) is 41.4 Å². The molecule has 35 heavy (non-hydrogen) atoms. The fourth-order valence-electron chi connectivity index (χ4n) is 4.45. The van der Waals surface area contributed by atoms with Gasteiger partial charge in [0.15, 0.2) is 5.82 Å². The average Bonchev–Trinajstić information content (AvgIpc) is 3.51. The summed E-state index contributed by atoms with van der Waals surface area (Å²) in [5, 5.41) is 8.60. The second kappa shape index (κ2) is 8.02. The lowest BCUT2D eigenvalue weighted by Gasteiger charge is -2.17. The monoisotopic (exact) mass is 528 g/mol. The third-order valence-electron chi connectivity index (χ3n) is 6.36. The number of para-hydroxylation sites is 1. The lowest BCUT2D eigenvalue weighted by molar-refractivity contribution is 0.0996. The number of rotatable bonds is 4. The van der Waals surface area contributed by atoms with E-state index in [0.717, 1.165) is 49.1 Å². The molecule has 0 saturated heterocycles. The highest BCUT2D eigenvalue weighted by atomic mass is 79.9. The number of pyridine rings is 1. The SMILES string of the molecule is Cc1cnc(Nc2cc(C)n(C)n2)nc1-c1c[nH]c2c(N3Cc4c(Br)cncc4C3=O)cccc12. The number of anilines is 3. The van der Waals surface area contributed by atoms with Crippen LogP contribution in [0.4, 0.5) is 17.5 Å². The predicted molar refractivity (Wildman–Crippen MR) is 138 cm³/mol. The maximum atomic E-state index is 13.2. The normalized spacial score (nSPS) is 13.0. The van der Waals surface area contributed by atoms with Crippen LogP contribution in [0.1, 0.15) is 27.2 Å². The molecule has 2 N–H and O–H groups in total. The second-order valence-corrected chi connectivity index (χ2v) is 9.44. The van der Waals surface area contributed by atoms with Gasteiger partial charge in [-0.2, -0.15) is 5.10 Å². The first-order valence-corrected chi connectivity index (χ1v) is 11.9. The first kappa shape index (κ1) is 21.5. The molecule has 0 fully saturated rings. The smallest absolute Gasteiger partial charge is 0.260 e. The Balaban J connectivity index is 1.40. The number of halogens is 1. The van der Waals surface area contributed by atoms with Crippen LogP contribution in [-0.4, -0.2) is 35.6 Å². The van der Waals surface area contributed by atoms with Crippen molar-refractivity contribution in [1.29, 1.82) is 0 Å². The minimum Gasteiger partial charge on any atom is -0.359 e. The fraction of sp³-hybridized carbons (Fsp3) is 0.160. The average molecular weight is 529 g/mol. The third kappa shape index (κ3) is 3.48. The van der Waals surface area contributed by atoms with Crippen molar-refractivity contribution < 1.29 is 4.79 Å². The first-order chi connectivity index (χ1) is 16.9. The van der Waals surface area contributed by atoms with Crippen LogP contribution in [0.25, 0.3) is 22.2 Å². The standard InChI is InChI=1S/C25H21BrN8O/c1-13-8-29-25(30-21-7-14(2)33(3)32-21)31-22(13)16-10-28-23-15(16)5-4-6-20(23)34-12-18-17(24(34)35)9-27-11-19(18)26/h4-11,28H,12H2,1-3H3,(H,29,30,31,32). The zero-order valence-electron chi connectivity index (χ0n) is 19.3. The molecule has 9 nitrogen and oxygen atoms in total. The lowest BCUT2D eigenvalue weighted by Crippen LogP contribution is -2.23.